The van der Waals surface area contributed by atoms with Gasteiger partial charge in [-0.15, -0.1) is 0 Å². The van der Waals surface area contributed by atoms with Crippen LogP contribution in [0.2, 0.25) is 5.02 Å². The van der Waals surface area contributed by atoms with Gasteiger partial charge in [0, 0.05) is 17.1 Å². The monoisotopic (exact) mass is 270 g/mol. The van der Waals surface area contributed by atoms with Crippen LogP contribution < -0.4 is 16.8 Å². The Bertz CT molecular complexity index is 476. The zero-order valence-corrected chi connectivity index (χ0v) is 10.6. The summed E-state index contributed by atoms with van der Waals surface area (Å²) in [5, 5.41) is 14.8. The Balaban J connectivity index is 2.77. The van der Waals surface area contributed by atoms with Gasteiger partial charge >= 0.3 is 0 Å². The molecule has 1 rings (SSSR count). The fourth-order valence-electron chi connectivity index (χ4n) is 1.27. The molecule has 1 amide bonds. The number of benzene rings is 1. The van der Waals surface area contributed by atoms with E-state index in [0.717, 1.165) is 5.56 Å². The predicted molar refractivity (Wildman–Crippen MR) is 69.5 cm³/mol. The number of nitrogens with zero attached hydrogens (tertiary/aromatic N) is 1. The molecule has 0 aliphatic rings. The van der Waals surface area contributed by atoms with Crippen molar-refractivity contribution in [2.75, 3.05) is 0 Å². The molecule has 0 radical (unpaired) electrons. The van der Waals surface area contributed by atoms with Crippen LogP contribution in [0.5, 0.6) is 0 Å². The zero-order chi connectivity index (χ0) is 13.7. The van der Waals surface area contributed by atoms with E-state index in [1.54, 1.807) is 25.1 Å². The highest BCUT2D eigenvalue weighted by Gasteiger charge is 2.09. The minimum atomic E-state index is -0.440. The Hall–Kier alpha value is -1.79. The van der Waals surface area contributed by atoms with E-state index in [1.165, 1.54) is 0 Å². The first-order valence-corrected chi connectivity index (χ1v) is 5.62. The van der Waals surface area contributed by atoms with Crippen molar-refractivity contribution in [3.8, 4) is 0 Å². The van der Waals surface area contributed by atoms with E-state index in [1.807, 2.05) is 0 Å². The minimum Gasteiger partial charge on any atom is -0.409 e. The van der Waals surface area contributed by atoms with E-state index in [9.17, 15) is 4.79 Å². The summed E-state index contributed by atoms with van der Waals surface area (Å²) in [7, 11) is 0. The van der Waals surface area contributed by atoms with Crippen molar-refractivity contribution in [2.45, 2.75) is 19.5 Å². The highest BCUT2D eigenvalue weighted by molar-refractivity contribution is 6.31. The molecule has 1 atom stereocenters. The molecule has 1 unspecified atom stereocenters. The molecule has 1 aromatic carbocycles. The smallest absolute Gasteiger partial charge is 0.234 e. The number of oxime groups is 1. The number of amides is 1. The number of carbonyl (C=O) groups is 1. The summed E-state index contributed by atoms with van der Waals surface area (Å²) in [4.78, 5) is 10.9. The maximum Gasteiger partial charge on any atom is 0.234 e. The van der Waals surface area contributed by atoms with Gasteiger partial charge in [-0.1, -0.05) is 28.9 Å². The lowest BCUT2D eigenvalue weighted by Crippen LogP contribution is -2.38. The summed E-state index contributed by atoms with van der Waals surface area (Å²) < 4.78 is 0. The molecule has 18 heavy (non-hydrogen) atoms. The van der Waals surface area contributed by atoms with Crippen LogP contribution in [0.1, 0.15) is 18.1 Å². The summed E-state index contributed by atoms with van der Waals surface area (Å²) >= 11 is 6.05. The van der Waals surface area contributed by atoms with Crippen molar-refractivity contribution >= 4 is 23.3 Å². The number of primary amides is 1. The lowest BCUT2D eigenvalue weighted by atomic mass is 10.1. The number of nitrogens with one attached hydrogen (secondary N) is 1. The number of rotatable bonds is 5. The second-order valence-electron chi connectivity index (χ2n) is 3.80. The van der Waals surface area contributed by atoms with Gasteiger partial charge in [-0.3, -0.25) is 4.79 Å². The molecule has 0 saturated carbocycles. The van der Waals surface area contributed by atoms with Gasteiger partial charge in [0.2, 0.25) is 5.91 Å². The van der Waals surface area contributed by atoms with Crippen molar-refractivity contribution in [1.82, 2.24) is 5.32 Å². The number of amidine groups is 1. The molecule has 1 aromatic rings. The lowest BCUT2D eigenvalue weighted by molar-refractivity contribution is -0.119. The van der Waals surface area contributed by atoms with Gasteiger partial charge in [-0.05, 0) is 18.6 Å². The molecule has 98 valence electrons. The third-order valence-electron chi connectivity index (χ3n) is 2.48. The Morgan fingerprint density at radius 2 is 2.22 bits per heavy atom. The Kier molecular flexibility index (Phi) is 4.94. The molecule has 0 heterocycles. The Morgan fingerprint density at radius 3 is 2.72 bits per heavy atom. The van der Waals surface area contributed by atoms with Gasteiger partial charge in [0.15, 0.2) is 5.84 Å². The number of carbonyl (C=O) groups excluding carboxylic acids is 1. The first kappa shape index (κ1) is 14.3. The van der Waals surface area contributed by atoms with Crippen molar-refractivity contribution in [2.24, 2.45) is 16.6 Å². The number of hydrogen-bond acceptors (Lipinski definition) is 4. The second-order valence-corrected chi connectivity index (χ2v) is 4.20. The van der Waals surface area contributed by atoms with Crippen LogP contribution in [0.15, 0.2) is 23.4 Å². The van der Waals surface area contributed by atoms with Gasteiger partial charge in [-0.25, -0.2) is 0 Å². The van der Waals surface area contributed by atoms with Crippen LogP contribution in [0.25, 0.3) is 0 Å². The van der Waals surface area contributed by atoms with Gasteiger partial charge in [0.1, 0.15) is 0 Å². The van der Waals surface area contributed by atoms with Crippen molar-refractivity contribution < 1.29 is 10.0 Å². The first-order chi connectivity index (χ1) is 8.45. The zero-order valence-electron chi connectivity index (χ0n) is 9.85. The highest BCUT2D eigenvalue weighted by atomic mass is 35.5. The third kappa shape index (κ3) is 3.61. The van der Waals surface area contributed by atoms with Crippen molar-refractivity contribution in [3.63, 3.8) is 0 Å². The fraction of sp³-hybridized carbons (Fsp3) is 0.273. The fourth-order valence-corrected chi connectivity index (χ4v) is 1.52. The quantitative estimate of drug-likeness (QED) is 0.268. The van der Waals surface area contributed by atoms with Crippen LogP contribution in [0.4, 0.5) is 0 Å². The second kappa shape index (κ2) is 6.23. The Morgan fingerprint density at radius 1 is 1.56 bits per heavy atom. The summed E-state index contributed by atoms with van der Waals surface area (Å²) in [6, 6.07) is 4.55. The number of halogens is 1. The van der Waals surface area contributed by atoms with Crippen LogP contribution >= 0.6 is 11.6 Å². The average molecular weight is 271 g/mol. The Labute approximate surface area is 110 Å². The summed E-state index contributed by atoms with van der Waals surface area (Å²) in [5.41, 5.74) is 11.9. The normalized spacial score (nSPS) is 13.3. The van der Waals surface area contributed by atoms with Gasteiger partial charge in [0.05, 0.1) is 6.04 Å². The van der Waals surface area contributed by atoms with Crippen molar-refractivity contribution in [1.29, 1.82) is 0 Å². The molecule has 0 spiro atoms. The van der Waals surface area contributed by atoms with Crippen LogP contribution in [-0.2, 0) is 11.3 Å². The molecule has 0 aliphatic heterocycles. The number of nitrogens with two attached hydrogens (primary N) is 2. The van der Waals surface area contributed by atoms with E-state index in [2.05, 4.69) is 10.5 Å². The first-order valence-electron chi connectivity index (χ1n) is 5.24. The minimum absolute atomic E-state index is 0.0121. The molecular weight excluding hydrogens is 256 g/mol. The van der Waals surface area contributed by atoms with Crippen LogP contribution in [0, 0.1) is 0 Å². The van der Waals surface area contributed by atoms with Crippen LogP contribution in [0.3, 0.4) is 0 Å². The summed E-state index contributed by atoms with van der Waals surface area (Å²) in [5.74, 6) is -0.443. The molecule has 0 fully saturated rings. The number of hydrogen-bond donors (Lipinski definition) is 4. The van der Waals surface area contributed by atoms with Gasteiger partial charge in [-0.2, -0.15) is 0 Å². The average Bonchev–Trinajstić information content (AvgIpc) is 2.35. The highest BCUT2D eigenvalue weighted by Crippen LogP contribution is 2.17. The molecule has 0 bridgehead atoms. The molecule has 6 N–H and O–H groups in total. The molecular formula is C11H15ClN4O2. The molecule has 0 aliphatic carbocycles. The van der Waals surface area contributed by atoms with Crippen molar-refractivity contribution in [3.05, 3.63) is 34.3 Å². The topological polar surface area (TPSA) is 114 Å². The lowest BCUT2D eigenvalue weighted by Gasteiger charge is -2.11. The molecule has 7 heteroatoms. The van der Waals surface area contributed by atoms with E-state index in [0.29, 0.717) is 17.1 Å². The van der Waals surface area contributed by atoms with E-state index >= 15 is 0 Å². The summed E-state index contributed by atoms with van der Waals surface area (Å²) in [6.45, 7) is 2.07. The maximum absolute atomic E-state index is 10.9. The molecule has 0 aromatic heterocycles. The largest absolute Gasteiger partial charge is 0.409 e. The van der Waals surface area contributed by atoms with Gasteiger partial charge in [0.25, 0.3) is 0 Å². The van der Waals surface area contributed by atoms with E-state index in [4.69, 9.17) is 28.3 Å². The van der Waals surface area contributed by atoms with E-state index in [-0.39, 0.29) is 5.84 Å². The summed E-state index contributed by atoms with van der Waals surface area (Å²) in [6.07, 6.45) is 0. The third-order valence-corrected chi connectivity index (χ3v) is 2.83. The van der Waals surface area contributed by atoms with Gasteiger partial charge < -0.3 is 22.0 Å². The maximum atomic E-state index is 10.9. The standard InChI is InChI=1S/C11H15ClN4O2/c1-6(11(14)17)15-5-8-3-2-7(4-9(8)12)10(13)16-18/h2-4,6,15,18H,5H2,1H3,(H2,13,16)(H2,14,17). The SMILES string of the molecule is CC(NCc1ccc(/C(N)=N/O)cc1Cl)C(N)=O. The van der Waals surface area contributed by atoms with Crippen LogP contribution in [-0.4, -0.2) is 23.0 Å². The van der Waals surface area contributed by atoms with E-state index < -0.39 is 11.9 Å². The predicted octanol–water partition coefficient (Wildman–Crippen LogP) is 0.398. The molecule has 6 nitrogen and oxygen atoms in total. The molecule has 0 saturated heterocycles.